The second-order valence-corrected chi connectivity index (χ2v) is 7.47. The Labute approximate surface area is 171 Å². The van der Waals surface area contributed by atoms with Gasteiger partial charge >= 0.3 is 6.03 Å². The summed E-state index contributed by atoms with van der Waals surface area (Å²) in [6, 6.07) is 12.8. The van der Waals surface area contributed by atoms with E-state index in [4.69, 9.17) is 0 Å². The molecule has 0 bridgehead atoms. The number of hydrogen-bond acceptors (Lipinski definition) is 2. The van der Waals surface area contributed by atoms with E-state index in [1.54, 1.807) is 24.3 Å². The van der Waals surface area contributed by atoms with Gasteiger partial charge in [-0.3, -0.25) is 4.90 Å². The Bertz CT molecular complexity index is 726. The van der Waals surface area contributed by atoms with Crippen molar-refractivity contribution >= 4 is 6.03 Å². The maximum absolute atomic E-state index is 13.4. The molecule has 2 aromatic carbocycles. The van der Waals surface area contributed by atoms with Crippen LogP contribution in [0.5, 0.6) is 0 Å². The average molecular weight is 402 g/mol. The molecule has 0 atom stereocenters. The van der Waals surface area contributed by atoms with E-state index in [0.29, 0.717) is 32.7 Å². The van der Waals surface area contributed by atoms with Gasteiger partial charge in [0.25, 0.3) is 0 Å². The molecular formula is C23H29F2N3O. The summed E-state index contributed by atoms with van der Waals surface area (Å²) in [5, 5.41) is 2.99. The number of unbranched alkanes of at least 4 members (excludes halogenated alkanes) is 2. The van der Waals surface area contributed by atoms with Crippen molar-refractivity contribution in [2.75, 3.05) is 32.7 Å². The molecule has 4 nitrogen and oxygen atoms in total. The molecule has 1 fully saturated rings. The van der Waals surface area contributed by atoms with E-state index in [1.165, 1.54) is 24.3 Å². The summed E-state index contributed by atoms with van der Waals surface area (Å²) in [6.07, 6.45) is 3.24. The van der Waals surface area contributed by atoms with Gasteiger partial charge in [-0.1, -0.05) is 44.0 Å². The molecule has 0 aromatic heterocycles. The Morgan fingerprint density at radius 3 is 1.90 bits per heavy atom. The quantitative estimate of drug-likeness (QED) is 0.690. The Morgan fingerprint density at radius 1 is 0.897 bits per heavy atom. The van der Waals surface area contributed by atoms with Crippen LogP contribution in [0.3, 0.4) is 0 Å². The predicted octanol–water partition coefficient (Wildman–Crippen LogP) is 4.57. The van der Waals surface area contributed by atoms with Crippen molar-refractivity contribution in [3.63, 3.8) is 0 Å². The minimum Gasteiger partial charge on any atom is -0.338 e. The third kappa shape index (κ3) is 5.76. The summed E-state index contributed by atoms with van der Waals surface area (Å²) in [4.78, 5) is 16.5. The first-order chi connectivity index (χ1) is 14.1. The van der Waals surface area contributed by atoms with Gasteiger partial charge in [-0.2, -0.15) is 0 Å². The minimum atomic E-state index is -0.281. The number of piperazine rings is 1. The van der Waals surface area contributed by atoms with E-state index in [0.717, 1.165) is 30.4 Å². The van der Waals surface area contributed by atoms with Gasteiger partial charge in [0.05, 0.1) is 6.04 Å². The summed E-state index contributed by atoms with van der Waals surface area (Å²) < 4.78 is 26.8. The molecule has 0 aliphatic carbocycles. The molecular weight excluding hydrogens is 372 g/mol. The number of nitrogens with one attached hydrogen (secondary N) is 1. The molecule has 29 heavy (non-hydrogen) atoms. The van der Waals surface area contributed by atoms with Gasteiger partial charge in [0.15, 0.2) is 0 Å². The fourth-order valence-corrected chi connectivity index (χ4v) is 3.77. The van der Waals surface area contributed by atoms with Crippen LogP contribution in [-0.2, 0) is 0 Å². The molecule has 0 saturated carbocycles. The molecule has 1 saturated heterocycles. The SMILES string of the molecule is CCCCCNC(=O)N1CCN(C(c2ccc(F)cc2)c2ccc(F)cc2)CC1. The van der Waals surface area contributed by atoms with Gasteiger partial charge in [-0.05, 0) is 41.8 Å². The zero-order valence-corrected chi connectivity index (χ0v) is 16.9. The lowest BCUT2D eigenvalue weighted by molar-refractivity contribution is 0.120. The van der Waals surface area contributed by atoms with Crippen LogP contribution in [0, 0.1) is 11.6 Å². The molecule has 1 heterocycles. The molecule has 2 amide bonds. The van der Waals surface area contributed by atoms with Crippen molar-refractivity contribution in [1.82, 2.24) is 15.1 Å². The van der Waals surface area contributed by atoms with Crippen molar-refractivity contribution in [2.24, 2.45) is 0 Å². The van der Waals surface area contributed by atoms with E-state index in [1.807, 2.05) is 4.90 Å². The normalized spacial score (nSPS) is 15.0. The summed E-state index contributed by atoms with van der Waals surface area (Å²) in [5.41, 5.74) is 1.91. The van der Waals surface area contributed by atoms with Gasteiger partial charge in [-0.25, -0.2) is 13.6 Å². The molecule has 3 rings (SSSR count). The average Bonchev–Trinajstić information content (AvgIpc) is 2.74. The molecule has 0 radical (unpaired) electrons. The molecule has 0 unspecified atom stereocenters. The molecule has 6 heteroatoms. The van der Waals surface area contributed by atoms with Crippen LogP contribution in [0.4, 0.5) is 13.6 Å². The lowest BCUT2D eigenvalue weighted by atomic mass is 9.96. The Kier molecular flexibility index (Phi) is 7.58. The van der Waals surface area contributed by atoms with E-state index >= 15 is 0 Å². The number of benzene rings is 2. The number of amides is 2. The fourth-order valence-electron chi connectivity index (χ4n) is 3.77. The Hall–Kier alpha value is -2.47. The highest BCUT2D eigenvalue weighted by molar-refractivity contribution is 5.74. The standard InChI is InChI=1S/C23H29F2N3O/c1-2-3-4-13-26-23(29)28-16-14-27(15-17-28)22(18-5-9-20(24)10-6-18)19-7-11-21(25)12-8-19/h5-12,22H,2-4,13-17H2,1H3,(H,26,29). The molecule has 1 aliphatic heterocycles. The zero-order chi connectivity index (χ0) is 20.6. The summed E-state index contributed by atoms with van der Waals surface area (Å²) >= 11 is 0. The maximum atomic E-state index is 13.4. The molecule has 156 valence electrons. The van der Waals surface area contributed by atoms with Crippen LogP contribution in [-0.4, -0.2) is 48.6 Å². The lowest BCUT2D eigenvalue weighted by Gasteiger charge is -2.39. The van der Waals surface area contributed by atoms with E-state index in [2.05, 4.69) is 17.1 Å². The summed E-state index contributed by atoms with van der Waals surface area (Å²) in [6.45, 7) is 5.49. The number of urea groups is 1. The highest BCUT2D eigenvalue weighted by Crippen LogP contribution is 2.30. The van der Waals surface area contributed by atoms with Crippen molar-refractivity contribution in [1.29, 1.82) is 0 Å². The van der Waals surface area contributed by atoms with E-state index < -0.39 is 0 Å². The molecule has 0 spiro atoms. The molecule has 1 N–H and O–H groups in total. The highest BCUT2D eigenvalue weighted by Gasteiger charge is 2.28. The first kappa shape index (κ1) is 21.2. The summed E-state index contributed by atoms with van der Waals surface area (Å²) in [5.74, 6) is -0.563. The van der Waals surface area contributed by atoms with Gasteiger partial charge < -0.3 is 10.2 Å². The first-order valence-corrected chi connectivity index (χ1v) is 10.4. The van der Waals surface area contributed by atoms with Crippen LogP contribution in [0.2, 0.25) is 0 Å². The van der Waals surface area contributed by atoms with Crippen molar-refractivity contribution in [3.05, 3.63) is 71.3 Å². The minimum absolute atomic E-state index is 0.0131. The van der Waals surface area contributed by atoms with Crippen LogP contribution >= 0.6 is 0 Å². The molecule has 1 aliphatic rings. The van der Waals surface area contributed by atoms with E-state index in [9.17, 15) is 13.6 Å². The van der Waals surface area contributed by atoms with Gasteiger partial charge in [-0.15, -0.1) is 0 Å². The number of rotatable bonds is 7. The number of carbonyl (C=O) groups excluding carboxylic acids is 1. The number of hydrogen-bond donors (Lipinski definition) is 1. The third-order valence-electron chi connectivity index (χ3n) is 5.39. The van der Waals surface area contributed by atoms with Crippen molar-refractivity contribution in [2.45, 2.75) is 32.2 Å². The van der Waals surface area contributed by atoms with Crippen LogP contribution in [0.25, 0.3) is 0 Å². The molecule has 2 aromatic rings. The van der Waals surface area contributed by atoms with Crippen molar-refractivity contribution < 1.29 is 13.6 Å². The Morgan fingerprint density at radius 2 is 1.41 bits per heavy atom. The Balaban J connectivity index is 1.67. The van der Waals surface area contributed by atoms with Gasteiger partial charge in [0.2, 0.25) is 0 Å². The fraction of sp³-hybridized carbons (Fsp3) is 0.435. The van der Waals surface area contributed by atoms with Crippen LogP contribution < -0.4 is 5.32 Å². The second kappa shape index (κ2) is 10.3. The van der Waals surface area contributed by atoms with Crippen LogP contribution in [0.15, 0.2) is 48.5 Å². The number of halogens is 2. The van der Waals surface area contributed by atoms with Gasteiger partial charge in [0.1, 0.15) is 11.6 Å². The van der Waals surface area contributed by atoms with E-state index in [-0.39, 0.29) is 23.7 Å². The smallest absolute Gasteiger partial charge is 0.317 e. The largest absolute Gasteiger partial charge is 0.338 e. The zero-order valence-electron chi connectivity index (χ0n) is 16.9. The summed E-state index contributed by atoms with van der Waals surface area (Å²) in [7, 11) is 0. The number of carbonyl (C=O) groups is 1. The third-order valence-corrected chi connectivity index (χ3v) is 5.39. The van der Waals surface area contributed by atoms with Crippen molar-refractivity contribution in [3.8, 4) is 0 Å². The number of nitrogens with zero attached hydrogens (tertiary/aromatic N) is 2. The lowest BCUT2D eigenvalue weighted by Crippen LogP contribution is -2.52. The second-order valence-electron chi connectivity index (χ2n) is 7.47. The maximum Gasteiger partial charge on any atom is 0.317 e. The predicted molar refractivity (Wildman–Crippen MR) is 111 cm³/mol. The topological polar surface area (TPSA) is 35.6 Å². The monoisotopic (exact) mass is 401 g/mol. The first-order valence-electron chi connectivity index (χ1n) is 10.4. The van der Waals surface area contributed by atoms with Gasteiger partial charge in [0, 0.05) is 32.7 Å². The highest BCUT2D eigenvalue weighted by atomic mass is 19.1. The van der Waals surface area contributed by atoms with Crippen LogP contribution in [0.1, 0.15) is 43.4 Å².